The van der Waals surface area contributed by atoms with Crippen LogP contribution in [0, 0.1) is 5.92 Å². The second-order valence-corrected chi connectivity index (χ2v) is 6.35. The summed E-state index contributed by atoms with van der Waals surface area (Å²) in [6.45, 7) is 8.24. The summed E-state index contributed by atoms with van der Waals surface area (Å²) in [5.41, 5.74) is -1.17. The SMILES string of the molecule is C=C[C@@H]1C[C@H](C(=O)O)N[C@H]1[C@@H](NC(C)=O)C(C)(C)O.O=C(O)C(F)(F)F. The van der Waals surface area contributed by atoms with Crippen LogP contribution in [0.3, 0.4) is 0 Å². The summed E-state index contributed by atoms with van der Waals surface area (Å²) in [5, 5.41) is 32.0. The molecule has 5 N–H and O–H groups in total. The highest BCUT2D eigenvalue weighted by molar-refractivity contribution is 5.75. The lowest BCUT2D eigenvalue weighted by atomic mass is 9.85. The molecule has 1 rings (SSSR count). The zero-order valence-electron chi connectivity index (χ0n) is 14.5. The molecule has 0 aliphatic carbocycles. The molecule has 11 heteroatoms. The van der Waals surface area contributed by atoms with Crippen molar-refractivity contribution in [3.63, 3.8) is 0 Å². The second kappa shape index (κ2) is 8.99. The minimum atomic E-state index is -5.08. The Morgan fingerprint density at radius 3 is 2.00 bits per heavy atom. The van der Waals surface area contributed by atoms with Gasteiger partial charge in [0.15, 0.2) is 0 Å². The predicted octanol–water partition coefficient (Wildman–Crippen LogP) is 0.513. The summed E-state index contributed by atoms with van der Waals surface area (Å²) >= 11 is 0. The number of hydrogen-bond acceptors (Lipinski definition) is 5. The first-order chi connectivity index (χ1) is 11.6. The Hall–Kier alpha value is -2.14. The van der Waals surface area contributed by atoms with E-state index >= 15 is 0 Å². The van der Waals surface area contributed by atoms with Gasteiger partial charge in [0.05, 0.1) is 11.6 Å². The van der Waals surface area contributed by atoms with Gasteiger partial charge in [0.25, 0.3) is 0 Å². The van der Waals surface area contributed by atoms with Crippen LogP contribution in [-0.2, 0) is 14.4 Å². The number of aliphatic hydroxyl groups is 1. The van der Waals surface area contributed by atoms with Crippen LogP contribution in [0.2, 0.25) is 0 Å². The maximum atomic E-state index is 11.3. The molecule has 0 unspecified atom stereocenters. The Kier molecular flexibility index (Phi) is 8.25. The van der Waals surface area contributed by atoms with Gasteiger partial charge in [-0.2, -0.15) is 13.2 Å². The lowest BCUT2D eigenvalue weighted by molar-refractivity contribution is -0.192. The van der Waals surface area contributed by atoms with Crippen LogP contribution in [0.15, 0.2) is 12.7 Å². The fourth-order valence-corrected chi connectivity index (χ4v) is 2.53. The Morgan fingerprint density at radius 2 is 1.73 bits per heavy atom. The van der Waals surface area contributed by atoms with Crippen molar-refractivity contribution in [2.45, 2.75) is 57.1 Å². The standard InChI is InChI=1S/C13H22N2O4.C2HF3O2/c1-5-8-6-9(12(17)18)15-10(8)11(13(3,4)19)14-7(2)16;3-2(4,5)1(6)7/h5,8-11,15,19H,1,6H2,2-4H3,(H,14,16)(H,17,18);(H,6,7)/t8-,9-,10-,11-;/m1./s1. The van der Waals surface area contributed by atoms with E-state index in [-0.39, 0.29) is 17.9 Å². The van der Waals surface area contributed by atoms with E-state index in [1.807, 2.05) is 0 Å². The fraction of sp³-hybridized carbons (Fsp3) is 0.667. The van der Waals surface area contributed by atoms with E-state index in [1.54, 1.807) is 19.9 Å². The average molecular weight is 384 g/mol. The van der Waals surface area contributed by atoms with Gasteiger partial charge in [0.2, 0.25) is 5.91 Å². The molecule has 1 heterocycles. The van der Waals surface area contributed by atoms with Crippen molar-refractivity contribution in [3.05, 3.63) is 12.7 Å². The van der Waals surface area contributed by atoms with E-state index in [9.17, 15) is 27.9 Å². The molecular formula is C15H23F3N2O6. The number of alkyl halides is 3. The maximum absolute atomic E-state index is 11.3. The first-order valence-electron chi connectivity index (χ1n) is 7.52. The number of hydrogen-bond donors (Lipinski definition) is 5. The lowest BCUT2D eigenvalue weighted by Crippen LogP contribution is -2.60. The molecule has 1 aliphatic rings. The number of amides is 1. The Balaban J connectivity index is 0.000000758. The molecular weight excluding hydrogens is 361 g/mol. The van der Waals surface area contributed by atoms with Crippen molar-refractivity contribution in [3.8, 4) is 0 Å². The van der Waals surface area contributed by atoms with Crippen LogP contribution in [0.25, 0.3) is 0 Å². The number of carboxylic acid groups (broad SMARTS) is 2. The molecule has 26 heavy (non-hydrogen) atoms. The van der Waals surface area contributed by atoms with E-state index in [1.165, 1.54) is 6.92 Å². The number of rotatable bonds is 5. The van der Waals surface area contributed by atoms with Crippen LogP contribution in [0.5, 0.6) is 0 Å². The zero-order chi connectivity index (χ0) is 20.9. The number of halogens is 3. The molecule has 4 atom stereocenters. The van der Waals surface area contributed by atoms with Gasteiger partial charge in [-0.25, -0.2) is 4.79 Å². The largest absolute Gasteiger partial charge is 0.490 e. The molecule has 8 nitrogen and oxygen atoms in total. The number of carbonyl (C=O) groups is 3. The van der Waals surface area contributed by atoms with Crippen molar-refractivity contribution in [2.24, 2.45) is 5.92 Å². The van der Waals surface area contributed by atoms with Crippen molar-refractivity contribution >= 4 is 17.8 Å². The van der Waals surface area contributed by atoms with E-state index in [4.69, 9.17) is 15.0 Å². The minimum absolute atomic E-state index is 0.121. The van der Waals surface area contributed by atoms with Crippen molar-refractivity contribution in [1.29, 1.82) is 0 Å². The molecule has 0 aromatic rings. The van der Waals surface area contributed by atoms with Crippen molar-refractivity contribution < 1.29 is 42.9 Å². The maximum Gasteiger partial charge on any atom is 0.490 e. The van der Waals surface area contributed by atoms with Crippen LogP contribution in [0.4, 0.5) is 13.2 Å². The van der Waals surface area contributed by atoms with Gasteiger partial charge in [0.1, 0.15) is 6.04 Å². The molecule has 0 radical (unpaired) electrons. The third kappa shape index (κ3) is 7.40. The van der Waals surface area contributed by atoms with Gasteiger partial charge >= 0.3 is 18.1 Å². The molecule has 1 saturated heterocycles. The molecule has 0 aromatic heterocycles. The Morgan fingerprint density at radius 1 is 1.27 bits per heavy atom. The van der Waals surface area contributed by atoms with Crippen LogP contribution in [0.1, 0.15) is 27.2 Å². The monoisotopic (exact) mass is 384 g/mol. The van der Waals surface area contributed by atoms with Gasteiger partial charge < -0.3 is 20.6 Å². The molecule has 0 bridgehead atoms. The van der Waals surface area contributed by atoms with Gasteiger partial charge in [-0.3, -0.25) is 14.9 Å². The summed E-state index contributed by atoms with van der Waals surface area (Å²) in [4.78, 5) is 31.2. The third-order valence-corrected chi connectivity index (χ3v) is 3.69. The van der Waals surface area contributed by atoms with E-state index in [0.29, 0.717) is 6.42 Å². The Bertz CT molecular complexity index is 544. The van der Waals surface area contributed by atoms with Crippen molar-refractivity contribution in [1.82, 2.24) is 10.6 Å². The number of carboxylic acids is 2. The Labute approximate surface area is 148 Å². The van der Waals surface area contributed by atoms with Gasteiger partial charge in [-0.15, -0.1) is 6.58 Å². The van der Waals surface area contributed by atoms with Crippen LogP contribution < -0.4 is 10.6 Å². The number of nitrogens with one attached hydrogen (secondary N) is 2. The van der Waals surface area contributed by atoms with Gasteiger partial charge in [-0.1, -0.05) is 6.08 Å². The molecule has 1 fully saturated rings. The lowest BCUT2D eigenvalue weighted by Gasteiger charge is -2.36. The molecule has 0 saturated carbocycles. The van der Waals surface area contributed by atoms with Crippen LogP contribution in [-0.4, -0.2) is 63.1 Å². The highest BCUT2D eigenvalue weighted by Crippen LogP contribution is 2.28. The highest BCUT2D eigenvalue weighted by atomic mass is 19.4. The smallest absolute Gasteiger partial charge is 0.480 e. The van der Waals surface area contributed by atoms with Crippen molar-refractivity contribution in [2.75, 3.05) is 0 Å². The average Bonchev–Trinajstić information content (AvgIpc) is 2.86. The highest BCUT2D eigenvalue weighted by Gasteiger charge is 2.45. The minimum Gasteiger partial charge on any atom is -0.480 e. The summed E-state index contributed by atoms with van der Waals surface area (Å²) in [7, 11) is 0. The van der Waals surface area contributed by atoms with E-state index in [0.717, 1.165) is 0 Å². The number of aliphatic carboxylic acids is 2. The normalized spacial score (nSPS) is 24.0. The number of carbonyl (C=O) groups excluding carboxylic acids is 1. The fourth-order valence-electron chi connectivity index (χ4n) is 2.53. The molecule has 1 aliphatic heterocycles. The van der Waals surface area contributed by atoms with Crippen LogP contribution >= 0.6 is 0 Å². The quantitative estimate of drug-likeness (QED) is 0.436. The van der Waals surface area contributed by atoms with E-state index < -0.39 is 35.8 Å². The first kappa shape index (κ1) is 23.9. The summed E-state index contributed by atoms with van der Waals surface area (Å²) in [6.07, 6.45) is -3.02. The molecule has 0 aromatic carbocycles. The second-order valence-electron chi connectivity index (χ2n) is 6.35. The first-order valence-corrected chi connectivity index (χ1v) is 7.52. The van der Waals surface area contributed by atoms with E-state index in [2.05, 4.69) is 17.2 Å². The summed E-state index contributed by atoms with van der Waals surface area (Å²) in [6, 6.07) is -1.63. The molecule has 150 valence electrons. The summed E-state index contributed by atoms with van der Waals surface area (Å²) in [5.74, 6) is -4.08. The van der Waals surface area contributed by atoms with Gasteiger partial charge in [0, 0.05) is 13.0 Å². The molecule has 1 amide bonds. The molecule has 0 spiro atoms. The zero-order valence-corrected chi connectivity index (χ0v) is 14.5. The topological polar surface area (TPSA) is 136 Å². The van der Waals surface area contributed by atoms with Gasteiger partial charge in [-0.05, 0) is 26.2 Å². The summed E-state index contributed by atoms with van der Waals surface area (Å²) < 4.78 is 31.7. The third-order valence-electron chi connectivity index (χ3n) is 3.69. The predicted molar refractivity (Wildman–Crippen MR) is 84.2 cm³/mol.